The Hall–Kier alpha value is -1.26. The van der Waals surface area contributed by atoms with E-state index in [0.717, 1.165) is 32.2 Å². The SMILES string of the molecule is CCC(CC)CN(CC)C(=O)N(CCC(=O)O)C1CC1. The second-order valence-electron chi connectivity index (χ2n) is 5.57. The van der Waals surface area contributed by atoms with E-state index in [1.807, 2.05) is 11.8 Å². The smallest absolute Gasteiger partial charge is 0.320 e. The molecule has 0 aliphatic heterocycles. The number of urea groups is 1. The average molecular weight is 284 g/mol. The van der Waals surface area contributed by atoms with Gasteiger partial charge in [-0.1, -0.05) is 26.7 Å². The number of rotatable bonds is 9. The van der Waals surface area contributed by atoms with Crippen LogP contribution >= 0.6 is 0 Å². The van der Waals surface area contributed by atoms with Gasteiger partial charge in [0, 0.05) is 25.7 Å². The van der Waals surface area contributed by atoms with Gasteiger partial charge in [-0.25, -0.2) is 4.79 Å². The Morgan fingerprint density at radius 1 is 1.20 bits per heavy atom. The zero-order chi connectivity index (χ0) is 15.1. The summed E-state index contributed by atoms with van der Waals surface area (Å²) < 4.78 is 0. The lowest BCUT2D eigenvalue weighted by Crippen LogP contribution is -2.46. The molecule has 0 bridgehead atoms. The van der Waals surface area contributed by atoms with Crippen LogP contribution in [-0.2, 0) is 4.79 Å². The lowest BCUT2D eigenvalue weighted by atomic mass is 10.0. The van der Waals surface area contributed by atoms with Crippen LogP contribution in [0.1, 0.15) is 52.9 Å². The van der Waals surface area contributed by atoms with Gasteiger partial charge in [0.1, 0.15) is 0 Å². The van der Waals surface area contributed by atoms with Crippen molar-refractivity contribution in [1.82, 2.24) is 9.80 Å². The average Bonchev–Trinajstić information content (AvgIpc) is 3.24. The van der Waals surface area contributed by atoms with Crippen molar-refractivity contribution in [2.75, 3.05) is 19.6 Å². The largest absolute Gasteiger partial charge is 0.481 e. The summed E-state index contributed by atoms with van der Waals surface area (Å²) in [6.45, 7) is 8.08. The molecule has 20 heavy (non-hydrogen) atoms. The Kier molecular flexibility index (Phi) is 6.82. The lowest BCUT2D eigenvalue weighted by molar-refractivity contribution is -0.137. The molecule has 0 radical (unpaired) electrons. The van der Waals surface area contributed by atoms with E-state index in [0.29, 0.717) is 19.0 Å². The van der Waals surface area contributed by atoms with E-state index in [1.54, 1.807) is 4.90 Å². The summed E-state index contributed by atoms with van der Waals surface area (Å²) in [5, 5.41) is 8.81. The van der Waals surface area contributed by atoms with Crippen LogP contribution in [0.2, 0.25) is 0 Å². The minimum atomic E-state index is -0.841. The van der Waals surface area contributed by atoms with Crippen molar-refractivity contribution in [3.8, 4) is 0 Å². The second kappa shape index (κ2) is 8.12. The van der Waals surface area contributed by atoms with E-state index in [-0.39, 0.29) is 18.5 Å². The van der Waals surface area contributed by atoms with Crippen LogP contribution in [0.4, 0.5) is 4.79 Å². The highest BCUT2D eigenvalue weighted by molar-refractivity contribution is 5.76. The number of nitrogens with zero attached hydrogens (tertiary/aromatic N) is 2. The summed E-state index contributed by atoms with van der Waals surface area (Å²) in [5.41, 5.74) is 0. The zero-order valence-electron chi connectivity index (χ0n) is 13.0. The molecule has 2 amide bonds. The van der Waals surface area contributed by atoms with Gasteiger partial charge < -0.3 is 14.9 Å². The van der Waals surface area contributed by atoms with Crippen LogP contribution in [0, 0.1) is 5.92 Å². The van der Waals surface area contributed by atoms with Gasteiger partial charge in [0.15, 0.2) is 0 Å². The number of carboxylic acids is 1. The number of carbonyl (C=O) groups excluding carboxylic acids is 1. The quantitative estimate of drug-likeness (QED) is 0.708. The van der Waals surface area contributed by atoms with Crippen LogP contribution in [0.15, 0.2) is 0 Å². The molecule has 0 aromatic carbocycles. The fraction of sp³-hybridized carbons (Fsp3) is 0.867. The van der Waals surface area contributed by atoms with Gasteiger partial charge in [0.05, 0.1) is 6.42 Å². The molecule has 0 aromatic rings. The molecule has 0 saturated heterocycles. The number of hydrogen-bond donors (Lipinski definition) is 1. The van der Waals surface area contributed by atoms with E-state index in [2.05, 4.69) is 13.8 Å². The van der Waals surface area contributed by atoms with Crippen molar-refractivity contribution in [3.63, 3.8) is 0 Å². The Labute approximate surface area is 121 Å². The molecular weight excluding hydrogens is 256 g/mol. The molecule has 1 rings (SSSR count). The predicted octanol–water partition coefficient (Wildman–Crippen LogP) is 2.80. The van der Waals surface area contributed by atoms with Gasteiger partial charge in [-0.15, -0.1) is 0 Å². The third-order valence-electron chi connectivity index (χ3n) is 4.09. The Balaban J connectivity index is 2.62. The second-order valence-corrected chi connectivity index (χ2v) is 5.57. The molecule has 5 heteroatoms. The third kappa shape index (κ3) is 5.02. The first-order valence-electron chi connectivity index (χ1n) is 7.80. The Morgan fingerprint density at radius 3 is 2.20 bits per heavy atom. The number of hydrogen-bond acceptors (Lipinski definition) is 2. The molecular formula is C15H28N2O3. The highest BCUT2D eigenvalue weighted by Crippen LogP contribution is 2.28. The standard InChI is InChI=1S/C15H28N2O3/c1-4-12(5-2)11-16(6-3)15(20)17(13-7-8-13)10-9-14(18)19/h12-13H,4-11H2,1-3H3,(H,18,19). The molecule has 0 heterocycles. The van der Waals surface area contributed by atoms with E-state index in [9.17, 15) is 9.59 Å². The van der Waals surface area contributed by atoms with Crippen LogP contribution in [0.5, 0.6) is 0 Å². The summed E-state index contributed by atoms with van der Waals surface area (Å²) in [6, 6.07) is 0.278. The molecule has 1 N–H and O–H groups in total. The highest BCUT2D eigenvalue weighted by atomic mass is 16.4. The van der Waals surface area contributed by atoms with Gasteiger partial charge in [0.25, 0.3) is 0 Å². The molecule has 1 aliphatic rings. The molecule has 5 nitrogen and oxygen atoms in total. The summed E-state index contributed by atoms with van der Waals surface area (Å²) in [5.74, 6) is -0.314. The Morgan fingerprint density at radius 2 is 1.80 bits per heavy atom. The monoisotopic (exact) mass is 284 g/mol. The van der Waals surface area contributed by atoms with E-state index in [4.69, 9.17) is 5.11 Å². The van der Waals surface area contributed by atoms with Gasteiger partial charge in [0.2, 0.25) is 0 Å². The minimum absolute atomic E-state index is 0.0168. The van der Waals surface area contributed by atoms with Crippen LogP contribution in [0.3, 0.4) is 0 Å². The first kappa shape index (κ1) is 16.8. The van der Waals surface area contributed by atoms with Crippen molar-refractivity contribution in [2.45, 2.75) is 58.9 Å². The topological polar surface area (TPSA) is 60.9 Å². The number of aliphatic carboxylic acids is 1. The first-order valence-corrected chi connectivity index (χ1v) is 7.80. The van der Waals surface area contributed by atoms with E-state index >= 15 is 0 Å². The maximum atomic E-state index is 12.6. The van der Waals surface area contributed by atoms with E-state index < -0.39 is 5.97 Å². The molecule has 1 fully saturated rings. The van der Waals surface area contributed by atoms with Gasteiger partial charge in [-0.05, 0) is 25.7 Å². The fourth-order valence-corrected chi connectivity index (χ4v) is 2.42. The number of carboxylic acid groups (broad SMARTS) is 1. The van der Waals surface area contributed by atoms with Gasteiger partial charge in [-0.3, -0.25) is 4.79 Å². The molecule has 0 aromatic heterocycles. The predicted molar refractivity (Wildman–Crippen MR) is 78.7 cm³/mol. The van der Waals surface area contributed by atoms with Gasteiger partial charge in [-0.2, -0.15) is 0 Å². The van der Waals surface area contributed by atoms with E-state index in [1.165, 1.54) is 0 Å². The fourth-order valence-electron chi connectivity index (χ4n) is 2.42. The van der Waals surface area contributed by atoms with Crippen molar-refractivity contribution >= 4 is 12.0 Å². The van der Waals surface area contributed by atoms with Gasteiger partial charge >= 0.3 is 12.0 Å². The number of amides is 2. The van der Waals surface area contributed by atoms with Crippen LogP contribution in [0.25, 0.3) is 0 Å². The molecule has 0 unspecified atom stereocenters. The summed E-state index contributed by atoms with van der Waals surface area (Å²) in [4.78, 5) is 27.0. The summed E-state index contributed by atoms with van der Waals surface area (Å²) in [6.07, 6.45) is 4.18. The molecule has 0 spiro atoms. The first-order chi connectivity index (χ1) is 9.53. The highest BCUT2D eigenvalue weighted by Gasteiger charge is 2.34. The van der Waals surface area contributed by atoms with Crippen LogP contribution in [-0.4, -0.2) is 52.6 Å². The normalized spacial score (nSPS) is 14.4. The molecule has 1 saturated carbocycles. The summed E-state index contributed by atoms with van der Waals surface area (Å²) in [7, 11) is 0. The van der Waals surface area contributed by atoms with Crippen molar-refractivity contribution in [2.24, 2.45) is 5.92 Å². The molecule has 116 valence electrons. The maximum absolute atomic E-state index is 12.6. The Bertz CT molecular complexity index is 325. The number of carbonyl (C=O) groups is 2. The third-order valence-corrected chi connectivity index (χ3v) is 4.09. The minimum Gasteiger partial charge on any atom is -0.481 e. The molecule has 1 aliphatic carbocycles. The lowest BCUT2D eigenvalue weighted by Gasteiger charge is -2.32. The van der Waals surface area contributed by atoms with Crippen LogP contribution < -0.4 is 0 Å². The maximum Gasteiger partial charge on any atom is 0.320 e. The van der Waals surface area contributed by atoms with Crippen molar-refractivity contribution < 1.29 is 14.7 Å². The summed E-state index contributed by atoms with van der Waals surface area (Å²) >= 11 is 0. The zero-order valence-corrected chi connectivity index (χ0v) is 13.0. The molecule has 0 atom stereocenters. The van der Waals surface area contributed by atoms with Crippen molar-refractivity contribution in [3.05, 3.63) is 0 Å². The van der Waals surface area contributed by atoms with Crippen molar-refractivity contribution in [1.29, 1.82) is 0 Å².